The Bertz CT molecular complexity index is 441. The molecule has 0 bridgehead atoms. The summed E-state index contributed by atoms with van der Waals surface area (Å²) in [6.45, 7) is 4.12. The smallest absolute Gasteiger partial charge is 0.347 e. The molecule has 1 fully saturated rings. The maximum Gasteiger partial charge on any atom is 0.347 e. The van der Waals surface area contributed by atoms with Crippen LogP contribution in [-0.2, 0) is 9.53 Å². The predicted molar refractivity (Wildman–Crippen MR) is 61.3 cm³/mol. The average Bonchev–Trinajstić information content (AvgIpc) is 2.69. The van der Waals surface area contributed by atoms with E-state index in [9.17, 15) is 9.59 Å². The molecule has 0 N–H and O–H groups in total. The van der Waals surface area contributed by atoms with Crippen molar-refractivity contribution in [2.75, 3.05) is 6.61 Å². The van der Waals surface area contributed by atoms with Gasteiger partial charge < -0.3 is 9.47 Å². The van der Waals surface area contributed by atoms with Crippen LogP contribution in [0.4, 0.5) is 0 Å². The molecule has 4 heteroatoms. The molecule has 0 aromatic heterocycles. The standard InChI is InChI=1S/C13H14O4/c1-8-5-10(7-14)6-9(2)12(8)17-11-3-4-16-13(11)15/h5-7,11H,3-4H2,1-2H3. The molecule has 1 saturated heterocycles. The second kappa shape index (κ2) is 4.57. The molecule has 17 heavy (non-hydrogen) atoms. The van der Waals surface area contributed by atoms with Crippen LogP contribution in [0, 0.1) is 13.8 Å². The number of benzene rings is 1. The summed E-state index contributed by atoms with van der Waals surface area (Å²) < 4.78 is 10.5. The molecule has 0 saturated carbocycles. The molecule has 0 aliphatic carbocycles. The first-order valence-corrected chi connectivity index (χ1v) is 5.51. The zero-order valence-electron chi connectivity index (χ0n) is 9.86. The molecule has 90 valence electrons. The number of carbonyl (C=O) groups is 2. The van der Waals surface area contributed by atoms with Crippen molar-refractivity contribution in [1.82, 2.24) is 0 Å². The topological polar surface area (TPSA) is 52.6 Å². The van der Waals surface area contributed by atoms with E-state index in [1.807, 2.05) is 13.8 Å². The van der Waals surface area contributed by atoms with Gasteiger partial charge in [0.15, 0.2) is 6.10 Å². The molecule has 1 aliphatic heterocycles. The highest BCUT2D eigenvalue weighted by Crippen LogP contribution is 2.27. The maximum atomic E-state index is 11.3. The zero-order valence-corrected chi connectivity index (χ0v) is 9.86. The number of aldehydes is 1. The Labute approximate surface area is 99.5 Å². The van der Waals surface area contributed by atoms with Crippen LogP contribution < -0.4 is 4.74 Å². The third-order valence-electron chi connectivity index (χ3n) is 2.77. The fourth-order valence-electron chi connectivity index (χ4n) is 1.96. The summed E-state index contributed by atoms with van der Waals surface area (Å²) in [6.07, 6.45) is 0.857. The van der Waals surface area contributed by atoms with Crippen molar-refractivity contribution in [3.05, 3.63) is 28.8 Å². The summed E-state index contributed by atoms with van der Waals surface area (Å²) in [4.78, 5) is 22.0. The van der Waals surface area contributed by atoms with Gasteiger partial charge in [0.2, 0.25) is 0 Å². The van der Waals surface area contributed by atoms with Crippen LogP contribution in [0.2, 0.25) is 0 Å². The molecule has 0 spiro atoms. The van der Waals surface area contributed by atoms with E-state index >= 15 is 0 Å². The number of esters is 1. The van der Waals surface area contributed by atoms with E-state index < -0.39 is 6.10 Å². The lowest BCUT2D eigenvalue weighted by atomic mass is 10.1. The van der Waals surface area contributed by atoms with E-state index in [1.54, 1.807) is 12.1 Å². The summed E-state index contributed by atoms with van der Waals surface area (Å²) in [5, 5.41) is 0. The van der Waals surface area contributed by atoms with Crippen LogP contribution in [0.15, 0.2) is 12.1 Å². The Morgan fingerprint density at radius 1 is 1.35 bits per heavy atom. The number of ether oxygens (including phenoxy) is 2. The van der Waals surface area contributed by atoms with Crippen molar-refractivity contribution in [2.24, 2.45) is 0 Å². The molecular formula is C13H14O4. The minimum absolute atomic E-state index is 0.316. The van der Waals surface area contributed by atoms with E-state index in [4.69, 9.17) is 9.47 Å². The monoisotopic (exact) mass is 234 g/mol. The molecule has 1 aliphatic rings. The molecule has 2 rings (SSSR count). The zero-order chi connectivity index (χ0) is 12.4. The van der Waals surface area contributed by atoms with E-state index in [2.05, 4.69) is 0 Å². The third-order valence-corrected chi connectivity index (χ3v) is 2.77. The molecule has 1 aromatic carbocycles. The Kier molecular flexibility index (Phi) is 3.13. The highest BCUT2D eigenvalue weighted by Gasteiger charge is 2.29. The summed E-state index contributed by atoms with van der Waals surface area (Å²) in [5.41, 5.74) is 2.32. The number of carbonyl (C=O) groups excluding carboxylic acids is 2. The molecule has 1 heterocycles. The second-order valence-corrected chi connectivity index (χ2v) is 4.16. The maximum absolute atomic E-state index is 11.3. The number of cyclic esters (lactones) is 1. The van der Waals surface area contributed by atoms with Gasteiger partial charge in [-0.3, -0.25) is 4.79 Å². The Balaban J connectivity index is 2.26. The Morgan fingerprint density at radius 3 is 2.47 bits per heavy atom. The predicted octanol–water partition coefficient (Wildman–Crippen LogP) is 1.81. The lowest BCUT2D eigenvalue weighted by molar-refractivity contribution is -0.143. The minimum Gasteiger partial charge on any atom is -0.478 e. The van der Waals surface area contributed by atoms with E-state index in [-0.39, 0.29) is 5.97 Å². The molecule has 1 aromatic rings. The molecule has 4 nitrogen and oxygen atoms in total. The van der Waals surface area contributed by atoms with Crippen molar-refractivity contribution < 1.29 is 19.1 Å². The molecular weight excluding hydrogens is 220 g/mol. The number of aryl methyl sites for hydroxylation is 2. The van der Waals surface area contributed by atoms with Crippen molar-refractivity contribution in [1.29, 1.82) is 0 Å². The van der Waals surface area contributed by atoms with E-state index in [0.29, 0.717) is 24.3 Å². The highest BCUT2D eigenvalue weighted by molar-refractivity contribution is 5.78. The van der Waals surface area contributed by atoms with Crippen molar-refractivity contribution in [3.63, 3.8) is 0 Å². The third kappa shape index (κ3) is 2.30. The van der Waals surface area contributed by atoms with Crippen LogP contribution in [-0.4, -0.2) is 25.0 Å². The Hall–Kier alpha value is -1.84. The van der Waals surface area contributed by atoms with Gasteiger partial charge in [-0.1, -0.05) is 0 Å². The van der Waals surface area contributed by atoms with Crippen LogP contribution in [0.5, 0.6) is 5.75 Å². The van der Waals surface area contributed by atoms with Crippen molar-refractivity contribution in [3.8, 4) is 5.75 Å². The van der Waals surface area contributed by atoms with Gasteiger partial charge in [0.05, 0.1) is 6.61 Å². The van der Waals surface area contributed by atoms with Gasteiger partial charge in [0.25, 0.3) is 0 Å². The molecule has 1 unspecified atom stereocenters. The first-order valence-electron chi connectivity index (χ1n) is 5.51. The van der Waals surface area contributed by atoms with Gasteiger partial charge in [-0.25, -0.2) is 4.79 Å². The molecule has 0 amide bonds. The largest absolute Gasteiger partial charge is 0.478 e. The first kappa shape index (κ1) is 11.6. The van der Waals surface area contributed by atoms with Gasteiger partial charge in [-0.15, -0.1) is 0 Å². The lowest BCUT2D eigenvalue weighted by Gasteiger charge is -2.15. The molecule has 1 atom stereocenters. The lowest BCUT2D eigenvalue weighted by Crippen LogP contribution is -2.22. The normalized spacial score (nSPS) is 18.9. The average molecular weight is 234 g/mol. The van der Waals surface area contributed by atoms with E-state index in [1.165, 1.54) is 0 Å². The van der Waals surface area contributed by atoms with Crippen molar-refractivity contribution >= 4 is 12.3 Å². The van der Waals surface area contributed by atoms with Gasteiger partial charge in [0, 0.05) is 12.0 Å². The SMILES string of the molecule is Cc1cc(C=O)cc(C)c1OC1CCOC1=O. The van der Waals surface area contributed by atoms with Crippen molar-refractivity contribution in [2.45, 2.75) is 26.4 Å². The highest BCUT2D eigenvalue weighted by atomic mass is 16.6. The minimum atomic E-state index is -0.519. The molecule has 0 radical (unpaired) electrons. The van der Waals surface area contributed by atoms with E-state index in [0.717, 1.165) is 17.4 Å². The van der Waals surface area contributed by atoms with Gasteiger partial charge in [0.1, 0.15) is 12.0 Å². The van der Waals surface area contributed by atoms with Crippen LogP contribution in [0.25, 0.3) is 0 Å². The quantitative estimate of drug-likeness (QED) is 0.591. The summed E-state index contributed by atoms with van der Waals surface area (Å²) in [7, 11) is 0. The summed E-state index contributed by atoms with van der Waals surface area (Å²) >= 11 is 0. The van der Waals surface area contributed by atoms with Gasteiger partial charge in [-0.05, 0) is 37.1 Å². The second-order valence-electron chi connectivity index (χ2n) is 4.16. The van der Waals surface area contributed by atoms with Crippen LogP contribution in [0.3, 0.4) is 0 Å². The number of hydrogen-bond donors (Lipinski definition) is 0. The number of rotatable bonds is 3. The first-order chi connectivity index (χ1) is 8.11. The fourth-order valence-corrected chi connectivity index (χ4v) is 1.96. The summed E-state index contributed by atoms with van der Waals surface area (Å²) in [6, 6.07) is 3.49. The summed E-state index contributed by atoms with van der Waals surface area (Å²) in [5.74, 6) is 0.350. The number of hydrogen-bond acceptors (Lipinski definition) is 4. The van der Waals surface area contributed by atoms with Crippen LogP contribution >= 0.6 is 0 Å². The van der Waals surface area contributed by atoms with Crippen LogP contribution in [0.1, 0.15) is 27.9 Å². The Morgan fingerprint density at radius 2 is 2.00 bits per heavy atom. The van der Waals surface area contributed by atoms with Gasteiger partial charge in [-0.2, -0.15) is 0 Å². The van der Waals surface area contributed by atoms with Gasteiger partial charge >= 0.3 is 5.97 Å². The fraction of sp³-hybridized carbons (Fsp3) is 0.385.